The zero-order valence-corrected chi connectivity index (χ0v) is 19.5. The highest BCUT2D eigenvalue weighted by molar-refractivity contribution is 5.94. The van der Waals surface area contributed by atoms with Crippen molar-refractivity contribution in [3.63, 3.8) is 0 Å². The van der Waals surface area contributed by atoms with Crippen molar-refractivity contribution in [2.45, 2.75) is 41.2 Å². The van der Waals surface area contributed by atoms with E-state index in [9.17, 15) is 19.5 Å². The molecule has 8 nitrogen and oxygen atoms in total. The molecule has 182 valence electrons. The number of hydrogen-bond acceptors (Lipinski definition) is 6. The molecule has 0 aliphatic carbocycles. The van der Waals surface area contributed by atoms with E-state index in [0.717, 1.165) is 5.56 Å². The van der Waals surface area contributed by atoms with E-state index in [1.807, 2.05) is 13.8 Å². The third kappa shape index (κ3) is 10.2. The summed E-state index contributed by atoms with van der Waals surface area (Å²) in [6.07, 6.45) is -1.39. The standard InChI is InChI=1S/C12H17NO3.C12H15NO3.CH4/c2*1-4-13(3)12(15)16-11-7-5-6-10(8-11)9(2)14;/h5-9,14H,4H2,1-3H3;5-8H,4H2,1-3H3;1H4/t9-;;/m1../s1. The van der Waals surface area contributed by atoms with Crippen LogP contribution >= 0.6 is 0 Å². The van der Waals surface area contributed by atoms with Gasteiger partial charge in [0.15, 0.2) is 5.78 Å². The highest BCUT2D eigenvalue weighted by Crippen LogP contribution is 2.19. The molecule has 1 atom stereocenters. The molecular weight excluding hydrogens is 424 g/mol. The van der Waals surface area contributed by atoms with Gasteiger partial charge in [0.2, 0.25) is 0 Å². The molecule has 0 spiro atoms. The van der Waals surface area contributed by atoms with Crippen molar-refractivity contribution in [1.82, 2.24) is 9.80 Å². The lowest BCUT2D eigenvalue weighted by atomic mass is 10.1. The van der Waals surface area contributed by atoms with E-state index in [2.05, 4.69) is 0 Å². The van der Waals surface area contributed by atoms with E-state index < -0.39 is 18.3 Å². The predicted molar refractivity (Wildman–Crippen MR) is 129 cm³/mol. The van der Waals surface area contributed by atoms with E-state index in [4.69, 9.17) is 9.47 Å². The number of aliphatic hydroxyl groups excluding tert-OH is 1. The largest absolute Gasteiger partial charge is 0.414 e. The molecule has 2 rings (SSSR count). The van der Waals surface area contributed by atoms with Crippen molar-refractivity contribution in [3.05, 3.63) is 59.7 Å². The summed E-state index contributed by atoms with van der Waals surface area (Å²) in [5.41, 5.74) is 1.26. The summed E-state index contributed by atoms with van der Waals surface area (Å²) in [5, 5.41) is 9.39. The second kappa shape index (κ2) is 14.6. The maximum atomic E-state index is 11.5. The number of Topliss-reactive ketones (excluding diaryl/α,β-unsaturated/α-hetero) is 1. The monoisotopic (exact) mass is 460 g/mol. The Labute approximate surface area is 196 Å². The second-order valence-corrected chi connectivity index (χ2v) is 7.10. The van der Waals surface area contributed by atoms with Gasteiger partial charge in [0, 0.05) is 32.7 Å². The lowest BCUT2D eigenvalue weighted by molar-refractivity contribution is 0.101. The van der Waals surface area contributed by atoms with Crippen LogP contribution in [0.4, 0.5) is 9.59 Å². The van der Waals surface area contributed by atoms with Gasteiger partial charge in [-0.2, -0.15) is 0 Å². The summed E-state index contributed by atoms with van der Waals surface area (Å²) in [7, 11) is 3.32. The van der Waals surface area contributed by atoms with Crippen molar-refractivity contribution < 1.29 is 29.0 Å². The molecule has 1 N–H and O–H groups in total. The van der Waals surface area contributed by atoms with Crippen LogP contribution in [-0.2, 0) is 0 Å². The lowest BCUT2D eigenvalue weighted by Crippen LogP contribution is -2.29. The highest BCUT2D eigenvalue weighted by Gasteiger charge is 2.11. The molecule has 33 heavy (non-hydrogen) atoms. The van der Waals surface area contributed by atoms with E-state index >= 15 is 0 Å². The first-order valence-corrected chi connectivity index (χ1v) is 10.3. The molecule has 0 saturated carbocycles. The number of aliphatic hydroxyl groups is 1. The van der Waals surface area contributed by atoms with Crippen LogP contribution in [0.15, 0.2) is 48.5 Å². The Morgan fingerprint density at radius 1 is 0.879 bits per heavy atom. The van der Waals surface area contributed by atoms with Gasteiger partial charge in [0.05, 0.1) is 6.10 Å². The second-order valence-electron chi connectivity index (χ2n) is 7.10. The first kappa shape index (κ1) is 29.6. The minimum absolute atomic E-state index is 0. The van der Waals surface area contributed by atoms with Crippen molar-refractivity contribution >= 4 is 18.0 Å². The number of rotatable bonds is 6. The van der Waals surface area contributed by atoms with Crippen LogP contribution in [0.5, 0.6) is 11.5 Å². The fourth-order valence-electron chi connectivity index (χ4n) is 2.23. The van der Waals surface area contributed by atoms with E-state index in [-0.39, 0.29) is 13.2 Å². The average Bonchev–Trinajstić information content (AvgIpc) is 2.78. The number of carbonyl (C=O) groups excluding carboxylic acids is 3. The van der Waals surface area contributed by atoms with Crippen LogP contribution in [0.1, 0.15) is 57.1 Å². The number of amides is 2. The molecule has 0 unspecified atom stereocenters. The van der Waals surface area contributed by atoms with E-state index in [1.54, 1.807) is 69.6 Å². The number of nitrogens with zero attached hydrogens (tertiary/aromatic N) is 2. The van der Waals surface area contributed by atoms with Gasteiger partial charge in [0.1, 0.15) is 11.5 Å². The van der Waals surface area contributed by atoms with E-state index in [1.165, 1.54) is 16.7 Å². The average molecular weight is 461 g/mol. The Hall–Kier alpha value is -3.39. The summed E-state index contributed by atoms with van der Waals surface area (Å²) < 4.78 is 10.2. The number of ether oxygens (including phenoxy) is 2. The maximum Gasteiger partial charge on any atom is 0.414 e. The third-order valence-corrected chi connectivity index (χ3v) is 4.56. The Morgan fingerprint density at radius 3 is 1.76 bits per heavy atom. The van der Waals surface area contributed by atoms with Crippen LogP contribution in [0.25, 0.3) is 0 Å². The zero-order chi connectivity index (χ0) is 24.3. The van der Waals surface area contributed by atoms with Gasteiger partial charge in [-0.25, -0.2) is 9.59 Å². The Balaban J connectivity index is 0.000000602. The minimum atomic E-state index is -0.567. The Bertz CT molecular complexity index is 913. The van der Waals surface area contributed by atoms with Crippen LogP contribution < -0.4 is 9.47 Å². The van der Waals surface area contributed by atoms with Gasteiger partial charge in [-0.15, -0.1) is 0 Å². The molecule has 0 heterocycles. The molecule has 0 saturated heterocycles. The van der Waals surface area contributed by atoms with Gasteiger partial charge in [-0.05, 0) is 57.5 Å². The van der Waals surface area contributed by atoms with Crippen LogP contribution in [0.2, 0.25) is 0 Å². The van der Waals surface area contributed by atoms with Gasteiger partial charge >= 0.3 is 12.2 Å². The first-order valence-electron chi connectivity index (χ1n) is 10.3. The fourth-order valence-corrected chi connectivity index (χ4v) is 2.23. The summed E-state index contributed by atoms with van der Waals surface area (Å²) in [6, 6.07) is 13.5. The maximum absolute atomic E-state index is 11.5. The van der Waals surface area contributed by atoms with Gasteiger partial charge in [-0.3, -0.25) is 4.79 Å². The number of benzene rings is 2. The van der Waals surface area contributed by atoms with Crippen molar-refractivity contribution in [3.8, 4) is 11.5 Å². The van der Waals surface area contributed by atoms with Crippen molar-refractivity contribution in [2.75, 3.05) is 27.2 Å². The molecule has 2 aromatic carbocycles. The fraction of sp³-hybridized carbons (Fsp3) is 0.400. The molecule has 0 aromatic heterocycles. The highest BCUT2D eigenvalue weighted by atomic mass is 16.6. The SMILES string of the molecule is C.CCN(C)C(=O)Oc1cccc(C(C)=O)c1.CCN(C)C(=O)Oc1cccc([C@@H](C)O)c1. The number of ketones is 1. The summed E-state index contributed by atoms with van der Waals surface area (Å²) >= 11 is 0. The summed E-state index contributed by atoms with van der Waals surface area (Å²) in [5.74, 6) is 0.781. The quantitative estimate of drug-likeness (QED) is 0.598. The molecule has 0 radical (unpaired) electrons. The molecular formula is C25H36N2O6. The molecule has 0 bridgehead atoms. The normalized spacial score (nSPS) is 10.5. The van der Waals surface area contributed by atoms with Crippen LogP contribution in [0, 0.1) is 0 Å². The van der Waals surface area contributed by atoms with E-state index in [0.29, 0.717) is 30.2 Å². The van der Waals surface area contributed by atoms with Crippen LogP contribution in [-0.4, -0.2) is 60.1 Å². The summed E-state index contributed by atoms with van der Waals surface area (Å²) in [6.45, 7) is 8.03. The molecule has 0 aliphatic heterocycles. The van der Waals surface area contributed by atoms with Crippen molar-refractivity contribution in [2.24, 2.45) is 0 Å². The molecule has 0 fully saturated rings. The lowest BCUT2D eigenvalue weighted by Gasteiger charge is -2.14. The number of hydrogen-bond donors (Lipinski definition) is 1. The van der Waals surface area contributed by atoms with Crippen LogP contribution in [0.3, 0.4) is 0 Å². The van der Waals surface area contributed by atoms with Crippen molar-refractivity contribution in [1.29, 1.82) is 0 Å². The molecule has 2 amide bonds. The molecule has 2 aromatic rings. The minimum Gasteiger partial charge on any atom is -0.410 e. The third-order valence-electron chi connectivity index (χ3n) is 4.56. The topological polar surface area (TPSA) is 96.4 Å². The molecule has 8 heteroatoms. The predicted octanol–water partition coefficient (Wildman–Crippen LogP) is 5.17. The smallest absolute Gasteiger partial charge is 0.410 e. The summed E-state index contributed by atoms with van der Waals surface area (Å²) in [4.78, 5) is 36.9. The Morgan fingerprint density at radius 2 is 1.33 bits per heavy atom. The Kier molecular flexibility index (Phi) is 13.1. The first-order chi connectivity index (χ1) is 15.1. The zero-order valence-electron chi connectivity index (χ0n) is 19.5. The molecule has 0 aliphatic rings. The van der Waals surface area contributed by atoms with Gasteiger partial charge in [-0.1, -0.05) is 31.7 Å². The van der Waals surface area contributed by atoms with Gasteiger partial charge in [0.25, 0.3) is 0 Å². The number of carbonyl (C=O) groups is 3. The van der Waals surface area contributed by atoms with Gasteiger partial charge < -0.3 is 24.4 Å².